The molecular weight excluding hydrogens is 262 g/mol. The Bertz CT molecular complexity index is 459. The minimum atomic E-state index is -0.502. The summed E-state index contributed by atoms with van der Waals surface area (Å²) in [5, 5.41) is 5.92. The first-order chi connectivity index (χ1) is 9.61. The largest absolute Gasteiger partial charge is 0.355 e. The Morgan fingerprint density at radius 2 is 2.10 bits per heavy atom. The van der Waals surface area contributed by atoms with Crippen LogP contribution in [0.2, 0.25) is 0 Å². The van der Waals surface area contributed by atoms with E-state index in [9.17, 15) is 13.6 Å². The molecule has 110 valence electrons. The number of benzene rings is 1. The SMILES string of the molecule is CCNC(=O)C1CC(Cc2c(F)cccc2F)CCN1. The lowest BCUT2D eigenvalue weighted by Gasteiger charge is -2.29. The lowest BCUT2D eigenvalue weighted by molar-refractivity contribution is -0.123. The van der Waals surface area contributed by atoms with E-state index in [0.717, 1.165) is 6.42 Å². The molecule has 1 aromatic rings. The lowest BCUT2D eigenvalue weighted by atomic mass is 9.86. The second kappa shape index (κ2) is 6.79. The van der Waals surface area contributed by atoms with E-state index in [4.69, 9.17) is 0 Å². The molecule has 0 saturated carbocycles. The second-order valence-electron chi connectivity index (χ2n) is 5.20. The number of piperidine rings is 1. The Labute approximate surface area is 117 Å². The van der Waals surface area contributed by atoms with Crippen LogP contribution in [0.1, 0.15) is 25.3 Å². The fraction of sp³-hybridized carbons (Fsp3) is 0.533. The molecule has 2 N–H and O–H groups in total. The Balaban J connectivity index is 2.01. The molecular formula is C15H20F2N2O. The fourth-order valence-corrected chi connectivity index (χ4v) is 2.69. The van der Waals surface area contributed by atoms with Crippen LogP contribution in [0.3, 0.4) is 0 Å². The first-order valence-electron chi connectivity index (χ1n) is 7.05. The summed E-state index contributed by atoms with van der Waals surface area (Å²) in [5.41, 5.74) is 0.133. The van der Waals surface area contributed by atoms with Crippen LogP contribution >= 0.6 is 0 Å². The molecule has 20 heavy (non-hydrogen) atoms. The maximum Gasteiger partial charge on any atom is 0.237 e. The van der Waals surface area contributed by atoms with Crippen LogP contribution in [0.5, 0.6) is 0 Å². The van der Waals surface area contributed by atoms with E-state index in [2.05, 4.69) is 10.6 Å². The van der Waals surface area contributed by atoms with E-state index < -0.39 is 11.6 Å². The Morgan fingerprint density at radius 1 is 1.40 bits per heavy atom. The first-order valence-corrected chi connectivity index (χ1v) is 7.05. The van der Waals surface area contributed by atoms with Gasteiger partial charge in [-0.3, -0.25) is 4.79 Å². The average Bonchev–Trinajstić information content (AvgIpc) is 2.44. The molecule has 1 fully saturated rings. The zero-order valence-corrected chi connectivity index (χ0v) is 11.6. The van der Waals surface area contributed by atoms with Crippen molar-refractivity contribution in [3.8, 4) is 0 Å². The van der Waals surface area contributed by atoms with Gasteiger partial charge in [0.1, 0.15) is 11.6 Å². The molecule has 2 atom stereocenters. The molecule has 0 aliphatic carbocycles. The van der Waals surface area contributed by atoms with Gasteiger partial charge in [0, 0.05) is 12.1 Å². The van der Waals surface area contributed by atoms with Crippen molar-refractivity contribution in [2.24, 2.45) is 5.92 Å². The lowest BCUT2D eigenvalue weighted by Crippen LogP contribution is -2.49. The highest BCUT2D eigenvalue weighted by Crippen LogP contribution is 2.24. The quantitative estimate of drug-likeness (QED) is 0.887. The van der Waals surface area contributed by atoms with Gasteiger partial charge in [0.15, 0.2) is 0 Å². The number of nitrogens with one attached hydrogen (secondary N) is 2. The molecule has 1 amide bonds. The number of amides is 1. The van der Waals surface area contributed by atoms with E-state index in [0.29, 0.717) is 25.9 Å². The zero-order valence-electron chi connectivity index (χ0n) is 11.6. The van der Waals surface area contributed by atoms with E-state index in [1.165, 1.54) is 18.2 Å². The van der Waals surface area contributed by atoms with Crippen molar-refractivity contribution < 1.29 is 13.6 Å². The number of likely N-dealkylation sites (N-methyl/N-ethyl adjacent to an activating group) is 1. The summed E-state index contributed by atoms with van der Waals surface area (Å²) < 4.78 is 27.3. The van der Waals surface area contributed by atoms with Crippen LogP contribution < -0.4 is 10.6 Å². The van der Waals surface area contributed by atoms with Crippen molar-refractivity contribution in [2.75, 3.05) is 13.1 Å². The number of hydrogen-bond acceptors (Lipinski definition) is 2. The highest BCUT2D eigenvalue weighted by molar-refractivity contribution is 5.81. The van der Waals surface area contributed by atoms with Crippen LogP contribution in [-0.4, -0.2) is 25.0 Å². The molecule has 3 nitrogen and oxygen atoms in total. The van der Waals surface area contributed by atoms with E-state index in [-0.39, 0.29) is 23.4 Å². The van der Waals surface area contributed by atoms with Crippen molar-refractivity contribution in [1.82, 2.24) is 10.6 Å². The molecule has 1 aromatic carbocycles. The van der Waals surface area contributed by atoms with Crippen LogP contribution in [0.15, 0.2) is 18.2 Å². The molecule has 2 rings (SSSR count). The molecule has 0 spiro atoms. The maximum atomic E-state index is 13.6. The first kappa shape index (κ1) is 14.9. The molecule has 0 aromatic heterocycles. The van der Waals surface area contributed by atoms with Crippen molar-refractivity contribution in [1.29, 1.82) is 0 Å². The number of carbonyl (C=O) groups is 1. The van der Waals surface area contributed by atoms with Gasteiger partial charge >= 0.3 is 0 Å². The number of rotatable bonds is 4. The molecule has 1 aliphatic heterocycles. The third kappa shape index (κ3) is 3.54. The van der Waals surface area contributed by atoms with Gasteiger partial charge in [-0.25, -0.2) is 8.78 Å². The highest BCUT2D eigenvalue weighted by atomic mass is 19.1. The molecule has 0 bridgehead atoms. The van der Waals surface area contributed by atoms with E-state index >= 15 is 0 Å². The number of halogens is 2. The molecule has 1 saturated heterocycles. The number of carbonyl (C=O) groups excluding carboxylic acids is 1. The van der Waals surface area contributed by atoms with E-state index in [1.54, 1.807) is 0 Å². The van der Waals surface area contributed by atoms with Gasteiger partial charge in [-0.1, -0.05) is 6.07 Å². The van der Waals surface area contributed by atoms with Gasteiger partial charge in [0.2, 0.25) is 5.91 Å². The molecule has 5 heteroatoms. The maximum absolute atomic E-state index is 13.6. The predicted octanol–water partition coefficient (Wildman–Crippen LogP) is 2.01. The topological polar surface area (TPSA) is 41.1 Å². The minimum Gasteiger partial charge on any atom is -0.355 e. The van der Waals surface area contributed by atoms with Gasteiger partial charge in [-0.2, -0.15) is 0 Å². The standard InChI is InChI=1S/C15H20F2N2O/c1-2-18-15(20)14-9-10(6-7-19-14)8-11-12(16)4-3-5-13(11)17/h3-5,10,14,19H,2,6-9H2,1H3,(H,18,20). The van der Waals surface area contributed by atoms with Crippen molar-refractivity contribution in [2.45, 2.75) is 32.2 Å². The molecule has 0 radical (unpaired) electrons. The Hall–Kier alpha value is -1.49. The van der Waals surface area contributed by atoms with Crippen molar-refractivity contribution in [3.05, 3.63) is 35.4 Å². The predicted molar refractivity (Wildman–Crippen MR) is 73.3 cm³/mol. The third-order valence-electron chi connectivity index (χ3n) is 3.73. The molecule has 2 unspecified atom stereocenters. The van der Waals surface area contributed by atoms with Gasteiger partial charge in [-0.05, 0) is 50.8 Å². The summed E-state index contributed by atoms with van der Waals surface area (Å²) in [5.74, 6) is -0.919. The van der Waals surface area contributed by atoms with Gasteiger partial charge in [0.25, 0.3) is 0 Å². The van der Waals surface area contributed by atoms with Crippen LogP contribution in [0, 0.1) is 17.6 Å². The van der Waals surface area contributed by atoms with Crippen LogP contribution in [0.4, 0.5) is 8.78 Å². The van der Waals surface area contributed by atoms with Crippen LogP contribution in [0.25, 0.3) is 0 Å². The summed E-state index contributed by atoms with van der Waals surface area (Å²) >= 11 is 0. The Morgan fingerprint density at radius 3 is 2.75 bits per heavy atom. The summed E-state index contributed by atoms with van der Waals surface area (Å²) in [4.78, 5) is 11.8. The van der Waals surface area contributed by atoms with Crippen LogP contribution in [-0.2, 0) is 11.2 Å². The van der Waals surface area contributed by atoms with Gasteiger partial charge in [-0.15, -0.1) is 0 Å². The summed E-state index contributed by atoms with van der Waals surface area (Å²) in [6.07, 6.45) is 1.78. The van der Waals surface area contributed by atoms with Crippen molar-refractivity contribution >= 4 is 5.91 Å². The normalized spacial score (nSPS) is 22.6. The zero-order chi connectivity index (χ0) is 14.5. The minimum absolute atomic E-state index is 0.0359. The summed E-state index contributed by atoms with van der Waals surface area (Å²) in [6.45, 7) is 3.15. The van der Waals surface area contributed by atoms with Crippen molar-refractivity contribution in [3.63, 3.8) is 0 Å². The monoisotopic (exact) mass is 282 g/mol. The molecule has 1 aliphatic rings. The smallest absolute Gasteiger partial charge is 0.237 e. The third-order valence-corrected chi connectivity index (χ3v) is 3.73. The number of hydrogen-bond donors (Lipinski definition) is 2. The fourth-order valence-electron chi connectivity index (χ4n) is 2.69. The summed E-state index contributed by atoms with van der Waals surface area (Å²) in [6, 6.07) is 3.67. The summed E-state index contributed by atoms with van der Waals surface area (Å²) in [7, 11) is 0. The Kier molecular flexibility index (Phi) is 5.06. The highest BCUT2D eigenvalue weighted by Gasteiger charge is 2.27. The average molecular weight is 282 g/mol. The van der Waals surface area contributed by atoms with E-state index in [1.807, 2.05) is 6.92 Å². The second-order valence-corrected chi connectivity index (χ2v) is 5.20. The molecule has 1 heterocycles. The van der Waals surface area contributed by atoms with Gasteiger partial charge in [0.05, 0.1) is 6.04 Å². The van der Waals surface area contributed by atoms with Gasteiger partial charge < -0.3 is 10.6 Å².